The fourth-order valence-electron chi connectivity index (χ4n) is 3.79. The molecule has 32 heavy (non-hydrogen) atoms. The summed E-state index contributed by atoms with van der Waals surface area (Å²) in [6.07, 6.45) is 2.34. The van der Waals surface area contributed by atoms with E-state index in [0.29, 0.717) is 22.7 Å². The summed E-state index contributed by atoms with van der Waals surface area (Å²) in [4.78, 5) is 17.1. The van der Waals surface area contributed by atoms with E-state index in [1.54, 1.807) is 35.4 Å². The second-order valence-corrected chi connectivity index (χ2v) is 8.39. The molecule has 1 amide bonds. The summed E-state index contributed by atoms with van der Waals surface area (Å²) in [5.41, 5.74) is 3.27. The Kier molecular flexibility index (Phi) is 5.33. The Morgan fingerprint density at radius 1 is 1.00 bits per heavy atom. The van der Waals surface area contributed by atoms with Gasteiger partial charge in [-0.3, -0.25) is 4.79 Å². The molecule has 1 unspecified atom stereocenters. The number of halogens is 1. The zero-order valence-electron chi connectivity index (χ0n) is 16.9. The molecule has 2 heterocycles. The van der Waals surface area contributed by atoms with Gasteiger partial charge in [0.1, 0.15) is 11.6 Å². The van der Waals surface area contributed by atoms with Crippen molar-refractivity contribution in [3.8, 4) is 5.75 Å². The minimum atomic E-state index is -0.340. The Morgan fingerprint density at radius 2 is 1.72 bits per heavy atom. The molecular formula is C25H18FN3O2S. The van der Waals surface area contributed by atoms with Gasteiger partial charge in [-0.15, -0.1) is 0 Å². The van der Waals surface area contributed by atoms with Crippen LogP contribution in [0.2, 0.25) is 0 Å². The predicted molar refractivity (Wildman–Crippen MR) is 125 cm³/mol. The molecule has 5 nitrogen and oxygen atoms in total. The van der Waals surface area contributed by atoms with Crippen molar-refractivity contribution >= 4 is 34.6 Å². The Hall–Kier alpha value is -3.71. The molecule has 2 aliphatic rings. The summed E-state index contributed by atoms with van der Waals surface area (Å²) in [6, 6.07) is 22.6. The van der Waals surface area contributed by atoms with E-state index in [-0.39, 0.29) is 22.8 Å². The smallest absolute Gasteiger partial charge is 0.311 e. The summed E-state index contributed by atoms with van der Waals surface area (Å²) in [5.74, 6) is 0.254. The van der Waals surface area contributed by atoms with Gasteiger partial charge in [0.05, 0.1) is 16.7 Å². The highest BCUT2D eigenvalue weighted by Crippen LogP contribution is 2.41. The van der Waals surface area contributed by atoms with Crippen molar-refractivity contribution < 1.29 is 14.3 Å². The predicted octanol–water partition coefficient (Wildman–Crippen LogP) is 5.99. The van der Waals surface area contributed by atoms with Crippen LogP contribution in [-0.2, 0) is 0 Å². The first-order valence-electron chi connectivity index (χ1n) is 10.1. The van der Waals surface area contributed by atoms with Gasteiger partial charge >= 0.3 is 5.24 Å². The first-order valence-corrected chi connectivity index (χ1v) is 10.9. The topological polar surface area (TPSA) is 65.3 Å². The monoisotopic (exact) mass is 443 g/mol. The molecule has 0 spiro atoms. The van der Waals surface area contributed by atoms with Crippen molar-refractivity contribution in [2.75, 3.05) is 0 Å². The maximum atomic E-state index is 13.3. The Morgan fingerprint density at radius 3 is 2.47 bits per heavy atom. The number of aromatic hydroxyl groups is 1. The largest absolute Gasteiger partial charge is 0.508 e. The molecule has 0 fully saturated rings. The van der Waals surface area contributed by atoms with E-state index in [1.807, 2.05) is 42.5 Å². The molecule has 0 bridgehead atoms. The number of nitrogens with zero attached hydrogens (tertiary/aromatic N) is 3. The molecule has 1 N–H and O–H groups in total. The van der Waals surface area contributed by atoms with E-state index in [9.17, 15) is 14.3 Å². The SMILES string of the molecule is O=C1N=C(N2N=C(c3ccccc3)CC2c2ccccc2O)/C(=C/c2ccc(F)cc2)S1. The van der Waals surface area contributed by atoms with Gasteiger partial charge in [-0.25, -0.2) is 9.40 Å². The molecule has 0 saturated carbocycles. The van der Waals surface area contributed by atoms with E-state index >= 15 is 0 Å². The molecule has 0 aromatic heterocycles. The molecule has 2 aliphatic heterocycles. The van der Waals surface area contributed by atoms with Gasteiger partial charge < -0.3 is 5.11 Å². The van der Waals surface area contributed by atoms with Crippen LogP contribution in [0.25, 0.3) is 6.08 Å². The molecule has 3 aromatic rings. The number of benzene rings is 3. The normalized spacial score (nSPS) is 19.4. The van der Waals surface area contributed by atoms with E-state index in [4.69, 9.17) is 5.10 Å². The van der Waals surface area contributed by atoms with Crippen LogP contribution in [0, 0.1) is 5.82 Å². The minimum absolute atomic E-state index is 0.161. The highest BCUT2D eigenvalue weighted by atomic mass is 32.2. The summed E-state index contributed by atoms with van der Waals surface area (Å²) in [5, 5.41) is 16.7. The van der Waals surface area contributed by atoms with E-state index in [2.05, 4.69) is 4.99 Å². The number of phenols is 1. The van der Waals surface area contributed by atoms with Crippen LogP contribution < -0.4 is 0 Å². The maximum Gasteiger partial charge on any atom is 0.311 e. The molecule has 5 rings (SSSR count). The molecule has 158 valence electrons. The summed E-state index contributed by atoms with van der Waals surface area (Å²) in [6.45, 7) is 0. The third kappa shape index (κ3) is 3.94. The standard InChI is InChI=1S/C25H18FN3O2S/c26-18-12-10-16(11-13-18)14-23-24(27-25(31)32-23)29-21(19-8-4-5-9-22(19)30)15-20(28-29)17-6-2-1-3-7-17/h1-14,21,30H,15H2/b23-14-. The van der Waals surface area contributed by atoms with Crippen molar-refractivity contribution in [1.82, 2.24) is 5.01 Å². The number of thioether (sulfide) groups is 1. The zero-order valence-corrected chi connectivity index (χ0v) is 17.7. The lowest BCUT2D eigenvalue weighted by atomic mass is 9.97. The molecule has 7 heteroatoms. The third-order valence-electron chi connectivity index (χ3n) is 5.31. The number of amidine groups is 1. The Balaban J connectivity index is 1.58. The fraction of sp³-hybridized carbons (Fsp3) is 0.0800. The van der Waals surface area contributed by atoms with E-state index in [0.717, 1.165) is 28.6 Å². The van der Waals surface area contributed by atoms with Gasteiger partial charge in [0, 0.05) is 12.0 Å². The molecule has 0 saturated heterocycles. The Bertz CT molecular complexity index is 1270. The highest BCUT2D eigenvalue weighted by molar-refractivity contribution is 8.18. The summed E-state index contributed by atoms with van der Waals surface area (Å²) in [7, 11) is 0. The second-order valence-electron chi connectivity index (χ2n) is 7.40. The van der Waals surface area contributed by atoms with Crippen molar-refractivity contribution in [1.29, 1.82) is 0 Å². The van der Waals surface area contributed by atoms with Crippen LogP contribution in [0.5, 0.6) is 5.75 Å². The summed E-state index contributed by atoms with van der Waals surface area (Å²) >= 11 is 1.01. The van der Waals surface area contributed by atoms with Crippen LogP contribution in [0.4, 0.5) is 9.18 Å². The summed E-state index contributed by atoms with van der Waals surface area (Å²) < 4.78 is 13.3. The number of rotatable bonds is 3. The number of aliphatic imine (C=N–C) groups is 1. The van der Waals surface area contributed by atoms with Gasteiger partial charge in [0.2, 0.25) is 0 Å². The molecular weight excluding hydrogens is 425 g/mol. The van der Waals surface area contributed by atoms with Gasteiger partial charge in [0.25, 0.3) is 0 Å². The van der Waals surface area contributed by atoms with Crippen molar-refractivity contribution in [2.24, 2.45) is 10.1 Å². The van der Waals surface area contributed by atoms with Crippen molar-refractivity contribution in [2.45, 2.75) is 12.5 Å². The lowest BCUT2D eigenvalue weighted by Crippen LogP contribution is -2.26. The number of hydrogen-bond acceptors (Lipinski definition) is 5. The lowest BCUT2D eigenvalue weighted by Gasteiger charge is -2.24. The van der Waals surface area contributed by atoms with Gasteiger partial charge in [-0.1, -0.05) is 60.7 Å². The van der Waals surface area contributed by atoms with Gasteiger partial charge in [-0.05, 0) is 47.2 Å². The van der Waals surface area contributed by atoms with Crippen LogP contribution >= 0.6 is 11.8 Å². The number of para-hydroxylation sites is 1. The number of carbonyl (C=O) groups excluding carboxylic acids is 1. The number of hydrogen-bond donors (Lipinski definition) is 1. The molecule has 3 aromatic carbocycles. The zero-order chi connectivity index (χ0) is 22.1. The van der Waals surface area contributed by atoms with Crippen LogP contribution in [0.3, 0.4) is 0 Å². The first kappa shape index (κ1) is 20.2. The van der Waals surface area contributed by atoms with Crippen molar-refractivity contribution in [3.63, 3.8) is 0 Å². The number of hydrazone groups is 1. The quantitative estimate of drug-likeness (QED) is 0.540. The number of amides is 1. The van der Waals surface area contributed by atoms with Crippen LogP contribution in [-0.4, -0.2) is 26.9 Å². The first-order chi connectivity index (χ1) is 15.6. The fourth-order valence-corrected chi connectivity index (χ4v) is 4.54. The highest BCUT2D eigenvalue weighted by Gasteiger charge is 2.37. The third-order valence-corrected chi connectivity index (χ3v) is 6.10. The number of phenolic OH excluding ortho intramolecular Hbond substituents is 1. The average molecular weight is 444 g/mol. The van der Waals surface area contributed by atoms with Gasteiger partial charge in [0.15, 0.2) is 5.84 Å². The van der Waals surface area contributed by atoms with Crippen LogP contribution in [0.1, 0.15) is 29.2 Å². The van der Waals surface area contributed by atoms with Crippen molar-refractivity contribution in [3.05, 3.63) is 106 Å². The second kappa shape index (κ2) is 8.43. The molecule has 0 radical (unpaired) electrons. The lowest BCUT2D eigenvalue weighted by molar-refractivity contribution is 0.267. The van der Waals surface area contributed by atoms with Crippen LogP contribution in [0.15, 0.2) is 93.9 Å². The molecule has 1 atom stereocenters. The number of carbonyl (C=O) groups is 1. The van der Waals surface area contributed by atoms with Gasteiger partial charge in [-0.2, -0.15) is 10.1 Å². The average Bonchev–Trinajstić information content (AvgIpc) is 3.40. The maximum absolute atomic E-state index is 13.3. The minimum Gasteiger partial charge on any atom is -0.508 e. The Labute approximate surface area is 188 Å². The molecule has 0 aliphatic carbocycles. The van der Waals surface area contributed by atoms with E-state index < -0.39 is 0 Å². The van der Waals surface area contributed by atoms with E-state index in [1.165, 1.54) is 12.1 Å².